The van der Waals surface area contributed by atoms with Crippen LogP contribution in [-0.4, -0.2) is 58.5 Å². The highest BCUT2D eigenvalue weighted by Gasteiger charge is 2.27. The highest BCUT2D eigenvalue weighted by atomic mass is 32.2. The fourth-order valence-corrected chi connectivity index (χ4v) is 6.92. The Morgan fingerprint density at radius 3 is 2.15 bits per heavy atom. The van der Waals surface area contributed by atoms with Crippen LogP contribution in [0.3, 0.4) is 0 Å². The molecule has 0 unspecified atom stereocenters. The first kappa shape index (κ1) is 28.7. The van der Waals surface area contributed by atoms with Gasteiger partial charge in [-0.25, -0.2) is 13.6 Å². The lowest BCUT2D eigenvalue weighted by Crippen LogP contribution is -2.49. The number of primary sulfonamides is 1. The highest BCUT2D eigenvalue weighted by Crippen LogP contribution is 2.30. The maximum atomic E-state index is 13.7. The summed E-state index contributed by atoms with van der Waals surface area (Å²) in [7, 11) is -3.84. The first-order valence-corrected chi connectivity index (χ1v) is 15.7. The van der Waals surface area contributed by atoms with Gasteiger partial charge in [0.1, 0.15) is 11.0 Å². The number of carbonyl (C=O) groups excluding carboxylic acids is 1. The van der Waals surface area contributed by atoms with Crippen molar-refractivity contribution in [2.24, 2.45) is 11.1 Å². The Hall–Kier alpha value is -3.87. The molecule has 2 aliphatic heterocycles. The lowest BCUT2D eigenvalue weighted by molar-refractivity contribution is 0.0745. The van der Waals surface area contributed by atoms with Gasteiger partial charge in [0.05, 0.1) is 16.9 Å². The zero-order valence-electron chi connectivity index (χ0n) is 23.7. The zero-order valence-corrected chi connectivity index (χ0v) is 24.5. The van der Waals surface area contributed by atoms with Gasteiger partial charge in [0, 0.05) is 44.8 Å². The fraction of sp³-hybridized carbons (Fsp3) is 0.375. The largest absolute Gasteiger partial charge is 0.370 e. The molecule has 214 valence electrons. The molecule has 0 atom stereocenters. The van der Waals surface area contributed by atoms with Crippen molar-refractivity contribution in [3.8, 4) is 6.07 Å². The normalized spacial score (nSPS) is 16.5. The van der Waals surface area contributed by atoms with Gasteiger partial charge in [0.25, 0.3) is 5.91 Å². The van der Waals surface area contributed by atoms with Crippen molar-refractivity contribution in [1.82, 2.24) is 4.90 Å². The summed E-state index contributed by atoms with van der Waals surface area (Å²) >= 11 is 0. The quantitative estimate of drug-likeness (QED) is 0.474. The fourth-order valence-electron chi connectivity index (χ4n) is 6.16. The van der Waals surface area contributed by atoms with Crippen LogP contribution < -0.4 is 14.9 Å². The SMILES string of the molecule is Cc1cc(C)c(C(=O)N2CCN(c3ccccc3S(N)(=O)=O)CC2)cc1CC1CCN(c2ccccc2C#N)CC1. The number of aryl methyl sites for hydroxylation is 2. The van der Waals surface area contributed by atoms with Crippen molar-refractivity contribution in [3.05, 3.63) is 88.5 Å². The Morgan fingerprint density at radius 2 is 1.49 bits per heavy atom. The van der Waals surface area contributed by atoms with Crippen LogP contribution >= 0.6 is 0 Å². The molecule has 2 aliphatic rings. The Morgan fingerprint density at radius 1 is 0.878 bits per heavy atom. The van der Waals surface area contributed by atoms with Crippen LogP contribution in [0.15, 0.2) is 65.6 Å². The van der Waals surface area contributed by atoms with Gasteiger partial charge in [0.15, 0.2) is 0 Å². The number of carbonyl (C=O) groups is 1. The Balaban J connectivity index is 1.24. The van der Waals surface area contributed by atoms with E-state index in [0.29, 0.717) is 37.8 Å². The van der Waals surface area contributed by atoms with Crippen molar-refractivity contribution >= 4 is 27.3 Å². The van der Waals surface area contributed by atoms with E-state index in [1.54, 1.807) is 18.2 Å². The van der Waals surface area contributed by atoms with Gasteiger partial charge in [-0.3, -0.25) is 4.79 Å². The van der Waals surface area contributed by atoms with Crippen LogP contribution in [0.1, 0.15) is 45.5 Å². The van der Waals surface area contributed by atoms with E-state index in [2.05, 4.69) is 30.0 Å². The van der Waals surface area contributed by atoms with E-state index >= 15 is 0 Å². The number of sulfonamides is 1. The van der Waals surface area contributed by atoms with Gasteiger partial charge in [-0.15, -0.1) is 0 Å². The molecule has 1 amide bonds. The van der Waals surface area contributed by atoms with E-state index in [0.717, 1.165) is 54.7 Å². The number of hydrogen-bond acceptors (Lipinski definition) is 6. The number of hydrogen-bond donors (Lipinski definition) is 1. The number of para-hydroxylation sites is 2. The molecule has 2 saturated heterocycles. The van der Waals surface area contributed by atoms with Crippen LogP contribution in [0.4, 0.5) is 11.4 Å². The smallest absolute Gasteiger partial charge is 0.254 e. The third kappa shape index (κ3) is 6.24. The molecule has 41 heavy (non-hydrogen) atoms. The molecule has 2 fully saturated rings. The summed E-state index contributed by atoms with van der Waals surface area (Å²) in [6.07, 6.45) is 3.01. The number of amides is 1. The molecule has 2 N–H and O–H groups in total. The number of benzene rings is 3. The van der Waals surface area contributed by atoms with Crippen molar-refractivity contribution < 1.29 is 13.2 Å². The maximum absolute atomic E-state index is 13.7. The Labute approximate surface area is 243 Å². The second kappa shape index (κ2) is 11.9. The number of piperazine rings is 1. The number of piperidine rings is 1. The van der Waals surface area contributed by atoms with Crippen LogP contribution in [0.5, 0.6) is 0 Å². The molecule has 0 aromatic heterocycles. The third-order valence-electron chi connectivity index (χ3n) is 8.48. The van der Waals surface area contributed by atoms with Gasteiger partial charge in [-0.05, 0) is 86.1 Å². The van der Waals surface area contributed by atoms with E-state index in [-0.39, 0.29) is 10.8 Å². The molecule has 3 aromatic rings. The van der Waals surface area contributed by atoms with E-state index in [9.17, 15) is 18.5 Å². The average molecular weight is 572 g/mol. The molecule has 0 bridgehead atoms. The van der Waals surface area contributed by atoms with Crippen LogP contribution in [0, 0.1) is 31.1 Å². The van der Waals surface area contributed by atoms with Gasteiger partial charge >= 0.3 is 0 Å². The molecule has 3 aromatic carbocycles. The lowest BCUT2D eigenvalue weighted by atomic mass is 9.86. The van der Waals surface area contributed by atoms with Gasteiger partial charge in [-0.1, -0.05) is 30.3 Å². The minimum Gasteiger partial charge on any atom is -0.370 e. The van der Waals surface area contributed by atoms with Crippen molar-refractivity contribution in [3.63, 3.8) is 0 Å². The second-order valence-electron chi connectivity index (χ2n) is 11.1. The third-order valence-corrected chi connectivity index (χ3v) is 9.44. The maximum Gasteiger partial charge on any atom is 0.254 e. The lowest BCUT2D eigenvalue weighted by Gasteiger charge is -2.37. The van der Waals surface area contributed by atoms with Crippen LogP contribution in [0.25, 0.3) is 0 Å². The summed E-state index contributed by atoms with van der Waals surface area (Å²) in [6, 6.07) is 21.1. The van der Waals surface area contributed by atoms with E-state index in [1.807, 2.05) is 41.0 Å². The van der Waals surface area contributed by atoms with Gasteiger partial charge in [-0.2, -0.15) is 5.26 Å². The highest BCUT2D eigenvalue weighted by molar-refractivity contribution is 7.89. The first-order valence-electron chi connectivity index (χ1n) is 14.2. The number of nitriles is 1. The molecule has 2 heterocycles. The summed E-state index contributed by atoms with van der Waals surface area (Å²) in [5, 5.41) is 14.9. The molecular formula is C32H37N5O3S. The van der Waals surface area contributed by atoms with Crippen LogP contribution in [0.2, 0.25) is 0 Å². The predicted octanol–water partition coefficient (Wildman–Crippen LogP) is 4.24. The molecule has 0 spiro atoms. The molecule has 9 heteroatoms. The zero-order chi connectivity index (χ0) is 29.1. The van der Waals surface area contributed by atoms with Gasteiger partial charge in [0.2, 0.25) is 10.0 Å². The van der Waals surface area contributed by atoms with Crippen molar-refractivity contribution in [2.75, 3.05) is 49.1 Å². The minimum atomic E-state index is -3.84. The van der Waals surface area contributed by atoms with Crippen molar-refractivity contribution in [1.29, 1.82) is 5.26 Å². The molecule has 5 rings (SSSR count). The number of nitrogens with zero attached hydrogens (tertiary/aromatic N) is 4. The van der Waals surface area contributed by atoms with Crippen molar-refractivity contribution in [2.45, 2.75) is 38.0 Å². The Kier molecular flexibility index (Phi) is 8.34. The summed E-state index contributed by atoms with van der Waals surface area (Å²) in [6.45, 7) is 8.02. The molecule has 0 aliphatic carbocycles. The number of rotatable bonds is 6. The minimum absolute atomic E-state index is 0.0195. The summed E-state index contributed by atoms with van der Waals surface area (Å²) in [4.78, 5) is 19.9. The Bertz CT molecular complexity index is 1580. The predicted molar refractivity (Wildman–Crippen MR) is 162 cm³/mol. The number of nitrogens with two attached hydrogens (primary N) is 1. The second-order valence-corrected chi connectivity index (χ2v) is 12.7. The monoisotopic (exact) mass is 571 g/mol. The summed E-state index contributed by atoms with van der Waals surface area (Å²) < 4.78 is 24.1. The van der Waals surface area contributed by atoms with E-state index in [1.165, 1.54) is 17.2 Å². The molecule has 8 nitrogen and oxygen atoms in total. The number of anilines is 2. The first-order chi connectivity index (χ1) is 19.7. The van der Waals surface area contributed by atoms with E-state index < -0.39 is 10.0 Å². The molecule has 0 radical (unpaired) electrons. The van der Waals surface area contributed by atoms with Gasteiger partial charge < -0.3 is 14.7 Å². The summed E-state index contributed by atoms with van der Waals surface area (Å²) in [5.74, 6) is 0.540. The van der Waals surface area contributed by atoms with Crippen LogP contribution in [-0.2, 0) is 16.4 Å². The average Bonchev–Trinajstić information content (AvgIpc) is 2.98. The molecular weight excluding hydrogens is 534 g/mol. The topological polar surface area (TPSA) is 111 Å². The van der Waals surface area contributed by atoms with E-state index in [4.69, 9.17) is 5.14 Å². The summed E-state index contributed by atoms with van der Waals surface area (Å²) in [5.41, 5.74) is 6.46. The molecule has 0 saturated carbocycles. The standard InChI is InChI=1S/C32H37N5O3S/c1-23-19-24(2)28(21-27(23)20-25-11-13-35(14-12-25)29-8-4-3-7-26(29)22-33)32(38)37-17-15-36(16-18-37)30-9-5-6-10-31(30)41(34,39)40/h3-10,19,21,25H,11-18,20H2,1-2H3,(H2,34,39,40).